The van der Waals surface area contributed by atoms with Gasteiger partial charge in [0.1, 0.15) is 0 Å². The van der Waals surface area contributed by atoms with Gasteiger partial charge in [0, 0.05) is 17.2 Å². The number of hydrogen-bond donors (Lipinski definition) is 1. The van der Waals surface area contributed by atoms with Crippen LogP contribution in [-0.2, 0) is 4.79 Å². The number of anilines is 1. The van der Waals surface area contributed by atoms with Crippen molar-refractivity contribution in [3.8, 4) is 0 Å². The molecule has 70 valence electrons. The van der Waals surface area contributed by atoms with Gasteiger partial charge in [0.05, 0.1) is 6.54 Å². The maximum absolute atomic E-state index is 11.2. The minimum atomic E-state index is -0.0990. The first-order valence-electron chi connectivity index (χ1n) is 3.87. The highest BCUT2D eigenvalue weighted by Gasteiger charge is 2.07. The van der Waals surface area contributed by atoms with Crippen LogP contribution in [0.5, 0.6) is 0 Å². The van der Waals surface area contributed by atoms with Crippen molar-refractivity contribution in [3.05, 3.63) is 28.7 Å². The molecule has 0 fully saturated rings. The Morgan fingerprint density at radius 2 is 2.31 bits per heavy atom. The van der Waals surface area contributed by atoms with E-state index in [0.29, 0.717) is 0 Å². The van der Waals surface area contributed by atoms with E-state index < -0.39 is 0 Å². The zero-order chi connectivity index (χ0) is 9.84. The molecule has 0 atom stereocenters. The molecule has 1 aromatic carbocycles. The van der Waals surface area contributed by atoms with E-state index in [-0.39, 0.29) is 12.5 Å². The monoisotopic (exact) mass is 242 g/mol. The predicted molar refractivity (Wildman–Crippen MR) is 56.6 cm³/mol. The molecule has 0 aliphatic carbocycles. The Balaban J connectivity index is 2.88. The van der Waals surface area contributed by atoms with Crippen molar-refractivity contribution < 1.29 is 4.79 Å². The van der Waals surface area contributed by atoms with Crippen molar-refractivity contribution in [2.45, 2.75) is 0 Å². The molecular formula is C9H11BrN2O. The summed E-state index contributed by atoms with van der Waals surface area (Å²) in [6.45, 7) is 0.0308. The summed E-state index contributed by atoms with van der Waals surface area (Å²) < 4.78 is 0.946. The summed E-state index contributed by atoms with van der Waals surface area (Å²) in [5.41, 5.74) is 6.08. The Morgan fingerprint density at radius 1 is 1.62 bits per heavy atom. The van der Waals surface area contributed by atoms with Crippen molar-refractivity contribution in [2.24, 2.45) is 5.73 Å². The summed E-state index contributed by atoms with van der Waals surface area (Å²) in [5.74, 6) is -0.0990. The molecule has 0 saturated carbocycles. The molecule has 3 nitrogen and oxygen atoms in total. The van der Waals surface area contributed by atoms with Crippen LogP contribution in [0.25, 0.3) is 0 Å². The topological polar surface area (TPSA) is 46.3 Å². The first kappa shape index (κ1) is 10.2. The molecule has 13 heavy (non-hydrogen) atoms. The van der Waals surface area contributed by atoms with Crippen LogP contribution in [0.1, 0.15) is 0 Å². The molecule has 1 aromatic rings. The Kier molecular flexibility index (Phi) is 3.45. The third-order valence-electron chi connectivity index (χ3n) is 1.74. The second-order valence-corrected chi connectivity index (χ2v) is 3.55. The summed E-state index contributed by atoms with van der Waals surface area (Å²) >= 11 is 3.33. The summed E-state index contributed by atoms with van der Waals surface area (Å²) in [4.78, 5) is 12.7. The van der Waals surface area contributed by atoms with Gasteiger partial charge in [0.25, 0.3) is 0 Å². The van der Waals surface area contributed by atoms with Gasteiger partial charge in [0.15, 0.2) is 0 Å². The number of nitrogens with zero attached hydrogens (tertiary/aromatic N) is 1. The average Bonchev–Trinajstić information content (AvgIpc) is 2.15. The normalized spacial score (nSPS) is 9.77. The summed E-state index contributed by atoms with van der Waals surface area (Å²) in [5, 5.41) is 0. The number of amides is 1. The highest BCUT2D eigenvalue weighted by Crippen LogP contribution is 2.18. The van der Waals surface area contributed by atoms with Crippen LogP contribution < -0.4 is 10.6 Å². The van der Waals surface area contributed by atoms with Gasteiger partial charge in [-0.25, -0.2) is 0 Å². The molecular weight excluding hydrogens is 232 g/mol. The molecule has 0 heterocycles. The minimum absolute atomic E-state index is 0.0308. The number of halogens is 1. The number of hydrogen-bond acceptors (Lipinski definition) is 2. The van der Waals surface area contributed by atoms with Gasteiger partial charge in [-0.2, -0.15) is 0 Å². The number of carbonyl (C=O) groups excluding carboxylic acids is 1. The van der Waals surface area contributed by atoms with Crippen LogP contribution >= 0.6 is 15.9 Å². The summed E-state index contributed by atoms with van der Waals surface area (Å²) in [6, 6.07) is 7.51. The fourth-order valence-electron chi connectivity index (χ4n) is 0.966. The van der Waals surface area contributed by atoms with Gasteiger partial charge in [0.2, 0.25) is 5.91 Å². The van der Waals surface area contributed by atoms with Crippen LogP contribution in [0.15, 0.2) is 28.7 Å². The lowest BCUT2D eigenvalue weighted by molar-refractivity contribution is -0.117. The number of likely N-dealkylation sites (N-methyl/N-ethyl adjacent to an activating group) is 1. The first-order valence-corrected chi connectivity index (χ1v) is 4.66. The lowest BCUT2D eigenvalue weighted by Gasteiger charge is -2.16. The number of benzene rings is 1. The number of nitrogens with two attached hydrogens (primary N) is 1. The maximum atomic E-state index is 11.2. The minimum Gasteiger partial charge on any atom is -0.322 e. The maximum Gasteiger partial charge on any atom is 0.240 e. The third kappa shape index (κ3) is 2.54. The molecule has 4 heteroatoms. The molecule has 0 aliphatic heterocycles. The van der Waals surface area contributed by atoms with Gasteiger partial charge in [-0.15, -0.1) is 0 Å². The van der Waals surface area contributed by atoms with Crippen molar-refractivity contribution in [3.63, 3.8) is 0 Å². The van der Waals surface area contributed by atoms with Crippen molar-refractivity contribution >= 4 is 27.5 Å². The summed E-state index contributed by atoms with van der Waals surface area (Å²) in [7, 11) is 1.71. The largest absolute Gasteiger partial charge is 0.322 e. The van der Waals surface area contributed by atoms with Gasteiger partial charge >= 0.3 is 0 Å². The van der Waals surface area contributed by atoms with E-state index in [0.717, 1.165) is 10.2 Å². The second-order valence-electron chi connectivity index (χ2n) is 2.64. The van der Waals surface area contributed by atoms with Crippen LogP contribution in [0.3, 0.4) is 0 Å². The van der Waals surface area contributed by atoms with Gasteiger partial charge < -0.3 is 10.6 Å². The molecule has 1 amide bonds. The van der Waals surface area contributed by atoms with Crippen LogP contribution in [-0.4, -0.2) is 19.5 Å². The fraction of sp³-hybridized carbons (Fsp3) is 0.222. The zero-order valence-electron chi connectivity index (χ0n) is 7.33. The Bertz CT molecular complexity index is 314. The standard InChI is InChI=1S/C9H11BrN2O/c1-12(9(13)6-11)8-4-2-3-7(10)5-8/h2-5H,6,11H2,1H3. The van der Waals surface area contributed by atoms with E-state index in [1.807, 2.05) is 24.3 Å². The smallest absolute Gasteiger partial charge is 0.240 e. The lowest BCUT2D eigenvalue weighted by atomic mass is 10.3. The predicted octanol–water partition coefficient (Wildman–Crippen LogP) is 1.37. The quantitative estimate of drug-likeness (QED) is 0.852. The lowest BCUT2D eigenvalue weighted by Crippen LogP contribution is -2.32. The molecule has 0 aliphatic rings. The van der Waals surface area contributed by atoms with E-state index in [4.69, 9.17) is 5.73 Å². The van der Waals surface area contributed by atoms with Gasteiger partial charge in [-0.05, 0) is 18.2 Å². The Morgan fingerprint density at radius 3 is 2.85 bits per heavy atom. The summed E-state index contributed by atoms with van der Waals surface area (Å²) in [6.07, 6.45) is 0. The van der Waals surface area contributed by atoms with Gasteiger partial charge in [-0.1, -0.05) is 22.0 Å². The van der Waals surface area contributed by atoms with Crippen molar-refractivity contribution in [1.82, 2.24) is 0 Å². The zero-order valence-corrected chi connectivity index (χ0v) is 8.91. The molecule has 2 N–H and O–H groups in total. The molecule has 0 spiro atoms. The molecule has 0 radical (unpaired) electrons. The molecule has 0 unspecified atom stereocenters. The Labute approximate surface area is 85.7 Å². The SMILES string of the molecule is CN(C(=O)CN)c1cccc(Br)c1. The molecule has 0 saturated heterocycles. The third-order valence-corrected chi connectivity index (χ3v) is 2.24. The first-order chi connectivity index (χ1) is 6.15. The molecule has 1 rings (SSSR count). The van der Waals surface area contributed by atoms with E-state index in [1.165, 1.54) is 4.90 Å². The van der Waals surface area contributed by atoms with Crippen LogP contribution in [0.2, 0.25) is 0 Å². The molecule has 0 bridgehead atoms. The van der Waals surface area contributed by atoms with E-state index in [1.54, 1.807) is 7.05 Å². The van der Waals surface area contributed by atoms with Crippen LogP contribution in [0, 0.1) is 0 Å². The van der Waals surface area contributed by atoms with Gasteiger partial charge in [-0.3, -0.25) is 4.79 Å². The fourth-order valence-corrected chi connectivity index (χ4v) is 1.35. The highest BCUT2D eigenvalue weighted by atomic mass is 79.9. The van der Waals surface area contributed by atoms with E-state index in [2.05, 4.69) is 15.9 Å². The number of rotatable bonds is 2. The molecule has 0 aromatic heterocycles. The average molecular weight is 243 g/mol. The van der Waals surface area contributed by atoms with E-state index >= 15 is 0 Å². The van der Waals surface area contributed by atoms with Crippen molar-refractivity contribution in [1.29, 1.82) is 0 Å². The Hall–Kier alpha value is -0.870. The second kappa shape index (κ2) is 4.39. The number of carbonyl (C=O) groups is 1. The van der Waals surface area contributed by atoms with Crippen molar-refractivity contribution in [2.75, 3.05) is 18.5 Å². The van der Waals surface area contributed by atoms with E-state index in [9.17, 15) is 4.79 Å². The van der Waals surface area contributed by atoms with Crippen LogP contribution in [0.4, 0.5) is 5.69 Å². The highest BCUT2D eigenvalue weighted by molar-refractivity contribution is 9.10.